The van der Waals surface area contributed by atoms with Gasteiger partial charge in [-0.15, -0.1) is 0 Å². The molecule has 0 spiro atoms. The average Bonchev–Trinajstić information content (AvgIpc) is 2.49. The van der Waals surface area contributed by atoms with Crippen LogP contribution in [0.1, 0.15) is 25.5 Å². The van der Waals surface area contributed by atoms with E-state index in [4.69, 9.17) is 5.73 Å². The Morgan fingerprint density at radius 3 is 1.95 bits per heavy atom. The number of anilines is 1. The molecule has 118 valence electrons. The lowest BCUT2D eigenvalue weighted by molar-refractivity contribution is 0.0802. The number of piperazine rings is 1. The van der Waals surface area contributed by atoms with Gasteiger partial charge in [-0.05, 0) is 31.5 Å². The van der Waals surface area contributed by atoms with Gasteiger partial charge in [0, 0.05) is 64.6 Å². The van der Waals surface area contributed by atoms with E-state index in [0.717, 1.165) is 26.2 Å². The summed E-state index contributed by atoms with van der Waals surface area (Å²) >= 11 is 0. The van der Waals surface area contributed by atoms with Gasteiger partial charge in [0.25, 0.3) is 0 Å². The lowest BCUT2D eigenvalue weighted by Crippen LogP contribution is -2.50. The Morgan fingerprint density at radius 2 is 1.52 bits per heavy atom. The summed E-state index contributed by atoms with van der Waals surface area (Å²) < 4.78 is 0. The molecule has 2 rings (SSSR count). The molecule has 1 aliphatic heterocycles. The zero-order valence-corrected chi connectivity index (χ0v) is 13.9. The van der Waals surface area contributed by atoms with Crippen molar-refractivity contribution in [1.82, 2.24) is 9.80 Å². The van der Waals surface area contributed by atoms with Gasteiger partial charge in [-0.3, -0.25) is 9.80 Å². The van der Waals surface area contributed by atoms with Crippen molar-refractivity contribution >= 4 is 5.69 Å². The Hall–Kier alpha value is -1.10. The Balaban J connectivity index is 2.03. The lowest BCUT2D eigenvalue weighted by atomic mass is 10.0. The largest absolute Gasteiger partial charge is 0.378 e. The number of hydrogen-bond donors (Lipinski definition) is 1. The lowest BCUT2D eigenvalue weighted by Gasteiger charge is -2.40. The highest BCUT2D eigenvalue weighted by atomic mass is 15.3. The monoisotopic (exact) mass is 290 g/mol. The second kappa shape index (κ2) is 7.25. The minimum absolute atomic E-state index is 0.343. The third kappa shape index (κ3) is 3.96. The Labute approximate surface area is 129 Å². The zero-order chi connectivity index (χ0) is 15.4. The Morgan fingerprint density at radius 1 is 1.00 bits per heavy atom. The summed E-state index contributed by atoms with van der Waals surface area (Å²) in [4.78, 5) is 7.20. The van der Waals surface area contributed by atoms with Crippen molar-refractivity contribution in [3.63, 3.8) is 0 Å². The summed E-state index contributed by atoms with van der Waals surface area (Å²) in [5.74, 6) is 0. The minimum atomic E-state index is 0.343. The van der Waals surface area contributed by atoms with Gasteiger partial charge in [0.05, 0.1) is 0 Å². The van der Waals surface area contributed by atoms with Crippen LogP contribution in [-0.4, -0.2) is 62.7 Å². The van der Waals surface area contributed by atoms with Crippen molar-refractivity contribution in [2.75, 3.05) is 51.7 Å². The predicted octanol–water partition coefficient (Wildman–Crippen LogP) is 1.78. The van der Waals surface area contributed by atoms with Gasteiger partial charge in [-0.25, -0.2) is 0 Å². The topological polar surface area (TPSA) is 35.7 Å². The minimum Gasteiger partial charge on any atom is -0.378 e. The molecule has 4 heteroatoms. The van der Waals surface area contributed by atoms with E-state index in [-0.39, 0.29) is 0 Å². The van der Waals surface area contributed by atoms with Crippen LogP contribution in [0.3, 0.4) is 0 Å². The van der Waals surface area contributed by atoms with E-state index >= 15 is 0 Å². The molecule has 21 heavy (non-hydrogen) atoms. The van der Waals surface area contributed by atoms with Crippen LogP contribution in [0.15, 0.2) is 24.3 Å². The van der Waals surface area contributed by atoms with Crippen LogP contribution in [0, 0.1) is 0 Å². The second-order valence-corrected chi connectivity index (χ2v) is 6.40. The quantitative estimate of drug-likeness (QED) is 0.897. The third-order valence-electron chi connectivity index (χ3n) is 4.54. The zero-order valence-electron chi connectivity index (χ0n) is 13.9. The van der Waals surface area contributed by atoms with E-state index in [2.05, 4.69) is 66.9 Å². The highest BCUT2D eigenvalue weighted by Gasteiger charge is 2.25. The van der Waals surface area contributed by atoms with E-state index in [9.17, 15) is 0 Å². The second-order valence-electron chi connectivity index (χ2n) is 6.40. The first-order valence-corrected chi connectivity index (χ1v) is 7.98. The maximum atomic E-state index is 6.06. The molecule has 0 bridgehead atoms. The van der Waals surface area contributed by atoms with E-state index in [0.29, 0.717) is 18.6 Å². The van der Waals surface area contributed by atoms with Crippen molar-refractivity contribution in [3.05, 3.63) is 29.8 Å². The van der Waals surface area contributed by atoms with E-state index < -0.39 is 0 Å². The van der Waals surface area contributed by atoms with E-state index in [1.807, 2.05) is 0 Å². The first kappa shape index (κ1) is 16.3. The molecule has 0 aromatic heterocycles. The summed E-state index contributed by atoms with van der Waals surface area (Å²) in [5, 5.41) is 0. The smallest absolute Gasteiger partial charge is 0.0471 e. The van der Waals surface area contributed by atoms with Gasteiger partial charge in [0.2, 0.25) is 0 Å². The number of nitrogens with zero attached hydrogens (tertiary/aromatic N) is 3. The standard InChI is InChI=1S/C17H30N4/c1-14(2)20-9-11-21(12-10-20)17(13-18)15-5-7-16(8-6-15)19(3)4/h5-8,14,17H,9-13,18H2,1-4H3. The summed E-state index contributed by atoms with van der Waals surface area (Å²) in [6, 6.07) is 9.80. The molecule has 0 aliphatic carbocycles. The number of hydrogen-bond acceptors (Lipinski definition) is 4. The van der Waals surface area contributed by atoms with Crippen LogP contribution in [0.2, 0.25) is 0 Å². The highest BCUT2D eigenvalue weighted by molar-refractivity contribution is 5.46. The molecule has 1 atom stereocenters. The van der Waals surface area contributed by atoms with Crippen LogP contribution in [0.25, 0.3) is 0 Å². The fraction of sp³-hybridized carbons (Fsp3) is 0.647. The van der Waals surface area contributed by atoms with Crippen molar-refractivity contribution in [2.45, 2.75) is 25.9 Å². The van der Waals surface area contributed by atoms with Gasteiger partial charge >= 0.3 is 0 Å². The molecule has 1 heterocycles. The molecule has 4 nitrogen and oxygen atoms in total. The molecule has 0 amide bonds. The molecule has 0 saturated carbocycles. The van der Waals surface area contributed by atoms with E-state index in [1.165, 1.54) is 11.3 Å². The fourth-order valence-corrected chi connectivity index (χ4v) is 3.06. The van der Waals surface area contributed by atoms with Crippen molar-refractivity contribution in [3.8, 4) is 0 Å². The van der Waals surface area contributed by atoms with Gasteiger partial charge in [0.15, 0.2) is 0 Å². The molecule has 0 radical (unpaired) electrons. The molecule has 1 unspecified atom stereocenters. The van der Waals surface area contributed by atoms with Crippen molar-refractivity contribution in [2.24, 2.45) is 5.73 Å². The van der Waals surface area contributed by atoms with Crippen LogP contribution < -0.4 is 10.6 Å². The predicted molar refractivity (Wildman–Crippen MR) is 90.8 cm³/mol. The SMILES string of the molecule is CC(C)N1CCN(C(CN)c2ccc(N(C)C)cc2)CC1. The van der Waals surface area contributed by atoms with Gasteiger partial charge < -0.3 is 10.6 Å². The van der Waals surface area contributed by atoms with Gasteiger partial charge in [-0.2, -0.15) is 0 Å². The molecule has 1 aromatic carbocycles. The molecular weight excluding hydrogens is 260 g/mol. The maximum Gasteiger partial charge on any atom is 0.0471 e. The van der Waals surface area contributed by atoms with Crippen LogP contribution >= 0.6 is 0 Å². The van der Waals surface area contributed by atoms with Gasteiger partial charge in [0.1, 0.15) is 0 Å². The summed E-state index contributed by atoms with van der Waals surface area (Å²) in [7, 11) is 4.14. The fourth-order valence-electron chi connectivity index (χ4n) is 3.06. The first-order chi connectivity index (χ1) is 10.0. The highest BCUT2D eigenvalue weighted by Crippen LogP contribution is 2.24. The van der Waals surface area contributed by atoms with Crippen molar-refractivity contribution < 1.29 is 0 Å². The molecule has 1 saturated heterocycles. The molecule has 1 fully saturated rings. The van der Waals surface area contributed by atoms with Crippen LogP contribution in [0.5, 0.6) is 0 Å². The third-order valence-corrected chi connectivity index (χ3v) is 4.54. The molecule has 1 aromatic rings. The summed E-state index contributed by atoms with van der Waals surface area (Å²) in [6.45, 7) is 9.73. The normalized spacial score (nSPS) is 19.0. The number of rotatable bonds is 5. The Kier molecular flexibility index (Phi) is 5.62. The summed E-state index contributed by atoms with van der Waals surface area (Å²) in [5.41, 5.74) is 8.63. The Bertz CT molecular complexity index is 419. The van der Waals surface area contributed by atoms with Crippen LogP contribution in [0.4, 0.5) is 5.69 Å². The van der Waals surface area contributed by atoms with Crippen molar-refractivity contribution in [1.29, 1.82) is 0 Å². The van der Waals surface area contributed by atoms with Crippen LogP contribution in [-0.2, 0) is 0 Å². The average molecular weight is 290 g/mol. The maximum absolute atomic E-state index is 6.06. The molecule has 2 N–H and O–H groups in total. The first-order valence-electron chi connectivity index (χ1n) is 7.98. The van der Waals surface area contributed by atoms with Gasteiger partial charge in [-0.1, -0.05) is 12.1 Å². The van der Waals surface area contributed by atoms with E-state index in [1.54, 1.807) is 0 Å². The number of benzene rings is 1. The number of nitrogens with two attached hydrogens (primary N) is 1. The molecular formula is C17H30N4. The molecule has 1 aliphatic rings. The summed E-state index contributed by atoms with van der Waals surface area (Å²) in [6.07, 6.45) is 0.